The molecule has 0 spiro atoms. The Bertz CT molecular complexity index is 292. The molecule has 0 bridgehead atoms. The SMILES string of the molecule is Cc1cccc(OC[C@@H]2CCNC2)c1. The molecule has 1 aliphatic heterocycles. The van der Waals surface area contributed by atoms with Crippen molar-refractivity contribution in [3.05, 3.63) is 29.8 Å². The van der Waals surface area contributed by atoms with Gasteiger partial charge in [-0.05, 0) is 37.6 Å². The Morgan fingerprint density at radius 3 is 3.14 bits per heavy atom. The van der Waals surface area contributed by atoms with E-state index in [-0.39, 0.29) is 0 Å². The minimum Gasteiger partial charge on any atom is -0.493 e. The third-order valence-electron chi connectivity index (χ3n) is 2.64. The van der Waals surface area contributed by atoms with E-state index in [4.69, 9.17) is 4.74 Å². The molecule has 0 unspecified atom stereocenters. The normalized spacial score (nSPS) is 21.1. The summed E-state index contributed by atoms with van der Waals surface area (Å²) in [4.78, 5) is 0. The molecule has 1 atom stereocenters. The number of aryl methyl sites for hydroxylation is 1. The lowest BCUT2D eigenvalue weighted by Crippen LogP contribution is -2.15. The Morgan fingerprint density at radius 2 is 2.43 bits per heavy atom. The van der Waals surface area contributed by atoms with Crippen LogP contribution in [-0.2, 0) is 0 Å². The molecule has 0 radical (unpaired) electrons. The molecule has 0 amide bonds. The van der Waals surface area contributed by atoms with E-state index in [9.17, 15) is 0 Å². The van der Waals surface area contributed by atoms with Gasteiger partial charge < -0.3 is 10.1 Å². The molecule has 1 saturated heterocycles. The zero-order chi connectivity index (χ0) is 9.80. The monoisotopic (exact) mass is 191 g/mol. The summed E-state index contributed by atoms with van der Waals surface area (Å²) in [5.41, 5.74) is 1.26. The number of hydrogen-bond acceptors (Lipinski definition) is 2. The molecule has 1 N–H and O–H groups in total. The average molecular weight is 191 g/mol. The van der Waals surface area contributed by atoms with Crippen molar-refractivity contribution in [1.82, 2.24) is 5.32 Å². The van der Waals surface area contributed by atoms with E-state index in [0.717, 1.165) is 25.4 Å². The molecule has 2 nitrogen and oxygen atoms in total. The van der Waals surface area contributed by atoms with E-state index in [1.54, 1.807) is 0 Å². The van der Waals surface area contributed by atoms with Crippen LogP contribution in [0.25, 0.3) is 0 Å². The highest BCUT2D eigenvalue weighted by molar-refractivity contribution is 5.27. The second-order valence-corrected chi connectivity index (χ2v) is 3.99. The largest absolute Gasteiger partial charge is 0.493 e. The van der Waals surface area contributed by atoms with Gasteiger partial charge in [0.2, 0.25) is 0 Å². The minimum atomic E-state index is 0.690. The van der Waals surface area contributed by atoms with E-state index in [0.29, 0.717) is 5.92 Å². The third-order valence-corrected chi connectivity index (χ3v) is 2.64. The second-order valence-electron chi connectivity index (χ2n) is 3.99. The van der Waals surface area contributed by atoms with Crippen LogP contribution in [0, 0.1) is 12.8 Å². The lowest BCUT2D eigenvalue weighted by molar-refractivity contribution is 0.260. The van der Waals surface area contributed by atoms with Crippen LogP contribution < -0.4 is 10.1 Å². The summed E-state index contributed by atoms with van der Waals surface area (Å²) in [6.45, 7) is 5.17. The number of benzene rings is 1. The molecule has 0 aromatic heterocycles. The molecule has 1 heterocycles. The van der Waals surface area contributed by atoms with Gasteiger partial charge >= 0.3 is 0 Å². The Kier molecular flexibility index (Phi) is 3.04. The number of hydrogen-bond donors (Lipinski definition) is 1. The highest BCUT2D eigenvalue weighted by atomic mass is 16.5. The van der Waals surface area contributed by atoms with Crippen molar-refractivity contribution < 1.29 is 4.74 Å². The quantitative estimate of drug-likeness (QED) is 0.789. The lowest BCUT2D eigenvalue weighted by Gasteiger charge is -2.10. The van der Waals surface area contributed by atoms with E-state index in [1.807, 2.05) is 12.1 Å². The number of ether oxygens (including phenoxy) is 1. The van der Waals surface area contributed by atoms with Crippen LogP contribution >= 0.6 is 0 Å². The predicted octanol–water partition coefficient (Wildman–Crippen LogP) is 1.98. The van der Waals surface area contributed by atoms with E-state index < -0.39 is 0 Å². The van der Waals surface area contributed by atoms with Crippen LogP contribution in [0.5, 0.6) is 5.75 Å². The Morgan fingerprint density at radius 1 is 1.50 bits per heavy atom. The highest BCUT2D eigenvalue weighted by Crippen LogP contribution is 2.15. The van der Waals surface area contributed by atoms with Crippen LogP contribution in [0.2, 0.25) is 0 Å². The van der Waals surface area contributed by atoms with Crippen LogP contribution in [0.15, 0.2) is 24.3 Å². The molecule has 1 aliphatic rings. The maximum Gasteiger partial charge on any atom is 0.119 e. The molecule has 76 valence electrons. The van der Waals surface area contributed by atoms with Crippen molar-refractivity contribution in [1.29, 1.82) is 0 Å². The van der Waals surface area contributed by atoms with Crippen molar-refractivity contribution in [2.24, 2.45) is 5.92 Å². The highest BCUT2D eigenvalue weighted by Gasteiger charge is 2.14. The molecule has 2 heteroatoms. The van der Waals surface area contributed by atoms with E-state index in [2.05, 4.69) is 24.4 Å². The molecule has 2 rings (SSSR count). The number of nitrogens with one attached hydrogen (secondary N) is 1. The summed E-state index contributed by atoms with van der Waals surface area (Å²) in [5.74, 6) is 1.69. The van der Waals surface area contributed by atoms with Crippen molar-refractivity contribution in [3.63, 3.8) is 0 Å². The van der Waals surface area contributed by atoms with Crippen molar-refractivity contribution in [2.45, 2.75) is 13.3 Å². The van der Waals surface area contributed by atoms with Crippen LogP contribution in [0.3, 0.4) is 0 Å². The fraction of sp³-hybridized carbons (Fsp3) is 0.500. The maximum atomic E-state index is 5.73. The zero-order valence-electron chi connectivity index (χ0n) is 8.62. The number of rotatable bonds is 3. The van der Waals surface area contributed by atoms with E-state index >= 15 is 0 Å². The molecule has 1 aromatic carbocycles. The molecular weight excluding hydrogens is 174 g/mol. The minimum absolute atomic E-state index is 0.690. The maximum absolute atomic E-state index is 5.73. The predicted molar refractivity (Wildman–Crippen MR) is 57.7 cm³/mol. The smallest absolute Gasteiger partial charge is 0.119 e. The Balaban J connectivity index is 1.85. The summed E-state index contributed by atoms with van der Waals surface area (Å²) < 4.78 is 5.73. The first kappa shape index (κ1) is 9.53. The van der Waals surface area contributed by atoms with Crippen molar-refractivity contribution in [2.75, 3.05) is 19.7 Å². The summed E-state index contributed by atoms with van der Waals surface area (Å²) in [7, 11) is 0. The lowest BCUT2D eigenvalue weighted by atomic mass is 10.1. The fourth-order valence-electron chi connectivity index (χ4n) is 1.78. The first-order valence-corrected chi connectivity index (χ1v) is 5.25. The first-order chi connectivity index (χ1) is 6.84. The standard InChI is InChI=1S/C12H17NO/c1-10-3-2-4-12(7-10)14-9-11-5-6-13-8-11/h2-4,7,11,13H,5-6,8-9H2,1H3/t11-/m1/s1. The van der Waals surface area contributed by atoms with Gasteiger partial charge in [0.25, 0.3) is 0 Å². The van der Waals surface area contributed by atoms with Gasteiger partial charge in [-0.2, -0.15) is 0 Å². The zero-order valence-corrected chi connectivity index (χ0v) is 8.62. The molecular formula is C12H17NO. The summed E-state index contributed by atoms with van der Waals surface area (Å²) in [6, 6.07) is 8.24. The molecule has 0 aliphatic carbocycles. The molecule has 14 heavy (non-hydrogen) atoms. The first-order valence-electron chi connectivity index (χ1n) is 5.25. The second kappa shape index (κ2) is 4.47. The Hall–Kier alpha value is -1.02. The van der Waals surface area contributed by atoms with Gasteiger partial charge in [0.15, 0.2) is 0 Å². The third kappa shape index (κ3) is 2.48. The summed E-state index contributed by atoms with van der Waals surface area (Å²) >= 11 is 0. The fourth-order valence-corrected chi connectivity index (χ4v) is 1.78. The van der Waals surface area contributed by atoms with Gasteiger partial charge in [-0.15, -0.1) is 0 Å². The molecule has 1 fully saturated rings. The summed E-state index contributed by atoms with van der Waals surface area (Å²) in [6.07, 6.45) is 1.24. The topological polar surface area (TPSA) is 21.3 Å². The van der Waals surface area contributed by atoms with Crippen molar-refractivity contribution >= 4 is 0 Å². The van der Waals surface area contributed by atoms with Crippen LogP contribution in [0.1, 0.15) is 12.0 Å². The average Bonchev–Trinajstić information content (AvgIpc) is 2.67. The summed E-state index contributed by atoms with van der Waals surface area (Å²) in [5, 5.41) is 3.34. The molecule has 0 saturated carbocycles. The van der Waals surface area contributed by atoms with Crippen molar-refractivity contribution in [3.8, 4) is 5.75 Å². The van der Waals surface area contributed by atoms with Crippen LogP contribution in [-0.4, -0.2) is 19.7 Å². The van der Waals surface area contributed by atoms with Crippen LogP contribution in [0.4, 0.5) is 0 Å². The van der Waals surface area contributed by atoms with Gasteiger partial charge in [0.05, 0.1) is 6.61 Å². The van der Waals surface area contributed by atoms with E-state index in [1.165, 1.54) is 12.0 Å². The Labute approximate surface area is 85.3 Å². The molecule has 1 aromatic rings. The van der Waals surface area contributed by atoms with Gasteiger partial charge in [-0.3, -0.25) is 0 Å². The van der Waals surface area contributed by atoms with Gasteiger partial charge in [-0.25, -0.2) is 0 Å². The van der Waals surface area contributed by atoms with Gasteiger partial charge in [0, 0.05) is 12.5 Å². The van der Waals surface area contributed by atoms with Gasteiger partial charge in [-0.1, -0.05) is 12.1 Å². The van der Waals surface area contributed by atoms with Gasteiger partial charge in [0.1, 0.15) is 5.75 Å².